The van der Waals surface area contributed by atoms with Gasteiger partial charge in [0.1, 0.15) is 11.5 Å². The van der Waals surface area contributed by atoms with Crippen LogP contribution in [-0.4, -0.2) is 83.8 Å². The van der Waals surface area contributed by atoms with Gasteiger partial charge in [0.2, 0.25) is 5.88 Å². The van der Waals surface area contributed by atoms with Crippen LogP contribution in [0.1, 0.15) is 25.1 Å². The first-order valence-electron chi connectivity index (χ1n) is 13.1. The number of morpholine rings is 1. The maximum atomic E-state index is 11.0. The molecule has 1 fully saturated rings. The fourth-order valence-corrected chi connectivity index (χ4v) is 4.73. The van der Waals surface area contributed by atoms with Gasteiger partial charge < -0.3 is 19.3 Å². The third-order valence-electron chi connectivity index (χ3n) is 6.44. The Morgan fingerprint density at radius 2 is 1.76 bits per heavy atom. The molecule has 0 unspecified atom stereocenters. The molecule has 8 nitrogen and oxygen atoms in total. The number of hydrogen-bond donors (Lipinski definition) is 1. The van der Waals surface area contributed by atoms with Crippen molar-refractivity contribution in [2.75, 3.05) is 53.0 Å². The number of ether oxygens (including phenoxy) is 3. The smallest absolute Gasteiger partial charge is 0.227 e. The molecule has 37 heavy (non-hydrogen) atoms. The molecule has 3 aromatic rings. The predicted molar refractivity (Wildman–Crippen MR) is 145 cm³/mol. The second-order valence-corrected chi connectivity index (χ2v) is 10.1. The molecule has 1 saturated heterocycles. The summed E-state index contributed by atoms with van der Waals surface area (Å²) in [6.45, 7) is 12.3. The van der Waals surface area contributed by atoms with Crippen LogP contribution in [0.2, 0.25) is 0 Å². The first-order chi connectivity index (χ1) is 17.9. The molecular weight excluding hydrogens is 468 g/mol. The third kappa shape index (κ3) is 7.55. The highest BCUT2D eigenvalue weighted by molar-refractivity contribution is 5.44. The van der Waals surface area contributed by atoms with Crippen LogP contribution in [-0.2, 0) is 11.3 Å². The van der Waals surface area contributed by atoms with Crippen LogP contribution in [0.5, 0.6) is 17.4 Å². The molecule has 200 valence electrons. The average molecular weight is 509 g/mol. The Morgan fingerprint density at radius 1 is 1.03 bits per heavy atom. The summed E-state index contributed by atoms with van der Waals surface area (Å²) < 4.78 is 19.2. The van der Waals surface area contributed by atoms with Gasteiger partial charge in [0.25, 0.3) is 0 Å². The molecule has 1 aromatic heterocycles. The lowest BCUT2D eigenvalue weighted by atomic mass is 10.1. The van der Waals surface area contributed by atoms with Gasteiger partial charge in [0.15, 0.2) is 0 Å². The standard InChI is InChI=1S/C29H40N4O4/c1-22(2)18-32(20-25(34)19-31-13-15-36-16-14-31)21-28-23(3)30-33(24-9-6-5-7-10-24)29(28)37-27-12-8-11-26(17-27)35-4/h5-12,17,22,25,34H,13-16,18-21H2,1-4H3/t25-/m1/s1. The molecule has 1 aliphatic rings. The number of nitrogens with zero attached hydrogens (tertiary/aromatic N) is 4. The van der Waals surface area contributed by atoms with Gasteiger partial charge in [-0.3, -0.25) is 9.80 Å². The minimum atomic E-state index is -0.455. The lowest BCUT2D eigenvalue weighted by Crippen LogP contribution is -2.45. The molecular formula is C29H40N4O4. The molecule has 8 heteroatoms. The second-order valence-electron chi connectivity index (χ2n) is 10.1. The summed E-state index contributed by atoms with van der Waals surface area (Å²) in [6, 6.07) is 17.6. The number of aryl methyl sites for hydroxylation is 1. The number of β-amino-alcohol motifs (C(OH)–C–C–N with tert-alkyl or cyclic N) is 1. The van der Waals surface area contributed by atoms with Gasteiger partial charge >= 0.3 is 0 Å². The van der Waals surface area contributed by atoms with E-state index in [-0.39, 0.29) is 0 Å². The molecule has 2 aromatic carbocycles. The summed E-state index contributed by atoms with van der Waals surface area (Å²) in [5.74, 6) is 2.53. The fourth-order valence-electron chi connectivity index (χ4n) is 4.73. The minimum absolute atomic E-state index is 0.447. The maximum absolute atomic E-state index is 11.0. The van der Waals surface area contributed by atoms with E-state index in [9.17, 15) is 5.11 Å². The van der Waals surface area contributed by atoms with E-state index in [2.05, 4.69) is 23.6 Å². The van der Waals surface area contributed by atoms with E-state index in [1.54, 1.807) is 7.11 Å². The summed E-state index contributed by atoms with van der Waals surface area (Å²) in [5, 5.41) is 15.9. The molecule has 0 saturated carbocycles. The first kappa shape index (κ1) is 27.1. The van der Waals surface area contributed by atoms with Crippen LogP contribution in [0.15, 0.2) is 54.6 Å². The van der Waals surface area contributed by atoms with Gasteiger partial charge in [-0.05, 0) is 37.1 Å². The van der Waals surface area contributed by atoms with Crippen LogP contribution < -0.4 is 9.47 Å². The van der Waals surface area contributed by atoms with Crippen LogP contribution in [0.3, 0.4) is 0 Å². The van der Waals surface area contributed by atoms with Crippen molar-refractivity contribution in [3.05, 3.63) is 65.9 Å². The van der Waals surface area contributed by atoms with Gasteiger partial charge in [-0.1, -0.05) is 38.1 Å². The Morgan fingerprint density at radius 3 is 2.46 bits per heavy atom. The fraction of sp³-hybridized carbons (Fsp3) is 0.483. The Balaban J connectivity index is 1.62. The molecule has 0 radical (unpaired) electrons. The monoisotopic (exact) mass is 508 g/mol. The Bertz CT molecular complexity index is 1110. The number of aliphatic hydroxyl groups is 1. The van der Waals surface area contributed by atoms with Crippen LogP contribution >= 0.6 is 0 Å². The summed E-state index contributed by atoms with van der Waals surface area (Å²) in [6.07, 6.45) is -0.455. The maximum Gasteiger partial charge on any atom is 0.227 e. The number of methoxy groups -OCH3 is 1. The number of para-hydroxylation sites is 1. The SMILES string of the molecule is COc1cccc(Oc2c(CN(CC(C)C)C[C@H](O)CN3CCOCC3)c(C)nn2-c2ccccc2)c1. The highest BCUT2D eigenvalue weighted by Crippen LogP contribution is 2.33. The zero-order valence-electron chi connectivity index (χ0n) is 22.5. The van der Waals surface area contributed by atoms with E-state index in [0.29, 0.717) is 37.2 Å². The number of aromatic nitrogens is 2. The van der Waals surface area contributed by atoms with Crippen LogP contribution in [0.4, 0.5) is 0 Å². The Kier molecular flexibility index (Phi) is 9.57. The summed E-state index contributed by atoms with van der Waals surface area (Å²) in [4.78, 5) is 4.59. The van der Waals surface area contributed by atoms with Gasteiger partial charge in [-0.2, -0.15) is 5.10 Å². The van der Waals surface area contributed by atoms with E-state index in [1.165, 1.54) is 0 Å². The van der Waals surface area contributed by atoms with E-state index in [4.69, 9.17) is 19.3 Å². The summed E-state index contributed by atoms with van der Waals surface area (Å²) >= 11 is 0. The quantitative estimate of drug-likeness (QED) is 0.394. The van der Waals surface area contributed by atoms with Crippen LogP contribution in [0.25, 0.3) is 5.69 Å². The minimum Gasteiger partial charge on any atom is -0.497 e. The summed E-state index contributed by atoms with van der Waals surface area (Å²) in [5.41, 5.74) is 2.83. The molecule has 0 amide bonds. The van der Waals surface area contributed by atoms with Crippen molar-refractivity contribution < 1.29 is 19.3 Å². The number of hydrogen-bond acceptors (Lipinski definition) is 7. The van der Waals surface area contributed by atoms with Crippen molar-refractivity contribution in [3.8, 4) is 23.1 Å². The van der Waals surface area contributed by atoms with E-state index >= 15 is 0 Å². The van der Waals surface area contributed by atoms with Gasteiger partial charge in [0.05, 0.1) is 43.4 Å². The lowest BCUT2D eigenvalue weighted by Gasteiger charge is -2.31. The highest BCUT2D eigenvalue weighted by atomic mass is 16.5. The molecule has 1 N–H and O–H groups in total. The van der Waals surface area contributed by atoms with Gasteiger partial charge in [-0.15, -0.1) is 0 Å². The molecule has 4 rings (SSSR count). The lowest BCUT2D eigenvalue weighted by molar-refractivity contribution is 0.00533. The van der Waals surface area contributed by atoms with Crippen molar-refractivity contribution in [2.24, 2.45) is 5.92 Å². The zero-order valence-corrected chi connectivity index (χ0v) is 22.5. The molecule has 0 aliphatic carbocycles. The van der Waals surface area contributed by atoms with Crippen molar-refractivity contribution >= 4 is 0 Å². The number of rotatable bonds is 12. The molecule has 1 aliphatic heterocycles. The van der Waals surface area contributed by atoms with E-state index in [1.807, 2.05) is 66.2 Å². The summed E-state index contributed by atoms with van der Waals surface area (Å²) in [7, 11) is 1.65. The number of aliphatic hydroxyl groups excluding tert-OH is 1. The van der Waals surface area contributed by atoms with Gasteiger partial charge in [-0.25, -0.2) is 4.68 Å². The molecule has 1 atom stereocenters. The predicted octanol–water partition coefficient (Wildman–Crippen LogP) is 4.13. The van der Waals surface area contributed by atoms with Crippen molar-refractivity contribution in [3.63, 3.8) is 0 Å². The Labute approximate surface area is 220 Å². The normalized spacial score (nSPS) is 15.3. The molecule has 0 bridgehead atoms. The number of benzene rings is 2. The molecule has 2 heterocycles. The van der Waals surface area contributed by atoms with Crippen LogP contribution in [0, 0.1) is 12.8 Å². The van der Waals surface area contributed by atoms with E-state index < -0.39 is 6.10 Å². The largest absolute Gasteiger partial charge is 0.497 e. The zero-order chi connectivity index (χ0) is 26.2. The molecule has 0 spiro atoms. The topological polar surface area (TPSA) is 72.2 Å². The van der Waals surface area contributed by atoms with Gasteiger partial charge in [0, 0.05) is 45.3 Å². The third-order valence-corrected chi connectivity index (χ3v) is 6.44. The van der Waals surface area contributed by atoms with Crippen molar-refractivity contribution in [1.29, 1.82) is 0 Å². The first-order valence-corrected chi connectivity index (χ1v) is 13.1. The second kappa shape index (κ2) is 13.1. The van der Waals surface area contributed by atoms with Crippen molar-refractivity contribution in [1.82, 2.24) is 19.6 Å². The highest BCUT2D eigenvalue weighted by Gasteiger charge is 2.24. The van der Waals surface area contributed by atoms with Crippen molar-refractivity contribution in [2.45, 2.75) is 33.4 Å². The Hall–Kier alpha value is -2.91. The van der Waals surface area contributed by atoms with E-state index in [0.717, 1.165) is 55.5 Å². The average Bonchev–Trinajstić information content (AvgIpc) is 3.19.